The molecule has 126 heavy (non-hydrogen) atoms. The van der Waals surface area contributed by atoms with E-state index in [1.807, 2.05) is 10.8 Å². The van der Waals surface area contributed by atoms with E-state index in [9.17, 15) is 88.4 Å². The van der Waals surface area contributed by atoms with Gasteiger partial charge >= 0.3 is 17.9 Å². The molecular formula is C93H61F6N9O17S. The molecule has 20 rings (SSSR count). The van der Waals surface area contributed by atoms with Crippen molar-refractivity contribution >= 4 is 121 Å². The van der Waals surface area contributed by atoms with Crippen LogP contribution >= 0.6 is 0 Å². The van der Waals surface area contributed by atoms with Crippen molar-refractivity contribution in [3.63, 3.8) is 0 Å². The lowest BCUT2D eigenvalue weighted by Gasteiger charge is -2.13. The Hall–Kier alpha value is -16.7. The fraction of sp³-hybridized carbons (Fsp3) is 0.0538. The number of amides is 1. The number of H-pyrrole nitrogens is 4. The Morgan fingerprint density at radius 1 is 0.341 bits per heavy atom. The molecule has 26 nitrogen and oxygen atoms in total. The van der Waals surface area contributed by atoms with Gasteiger partial charge in [-0.25, -0.2) is 53.9 Å². The number of pyridine rings is 4. The van der Waals surface area contributed by atoms with Gasteiger partial charge < -0.3 is 71.2 Å². The molecule has 12 aromatic heterocycles. The number of sulfonamides is 1. The van der Waals surface area contributed by atoms with Crippen molar-refractivity contribution in [3.05, 3.63) is 377 Å². The summed E-state index contributed by atoms with van der Waals surface area (Å²) in [6, 6.07) is 51.8. The van der Waals surface area contributed by atoms with E-state index in [2.05, 4.69) is 19.9 Å². The predicted molar refractivity (Wildman–Crippen MR) is 456 cm³/mol. The maximum atomic E-state index is 14.6. The predicted octanol–water partition coefficient (Wildman–Crippen LogP) is 17.8. The monoisotopic (exact) mass is 1720 g/mol. The van der Waals surface area contributed by atoms with Crippen LogP contribution in [0.25, 0.3) is 132 Å². The van der Waals surface area contributed by atoms with Crippen molar-refractivity contribution < 1.29 is 86.9 Å². The van der Waals surface area contributed by atoms with Crippen molar-refractivity contribution in [3.8, 4) is 44.5 Å². The zero-order chi connectivity index (χ0) is 88.3. The number of halogens is 6. The molecule has 0 spiro atoms. The van der Waals surface area contributed by atoms with Crippen molar-refractivity contribution in [2.24, 2.45) is 0 Å². The highest BCUT2D eigenvalue weighted by Crippen LogP contribution is 2.45. The molecule has 0 unspecified atom stereocenters. The molecule has 0 aliphatic carbocycles. The Morgan fingerprint density at radius 3 is 0.952 bits per heavy atom. The van der Waals surface area contributed by atoms with E-state index >= 15 is 0 Å². The number of carboxylic acid groups (broad SMARTS) is 3. The largest absolute Gasteiger partial charge is 0.477 e. The molecule has 628 valence electrons. The number of nitrogens with one attached hydrogen (secondary N) is 5. The quantitative estimate of drug-likeness (QED) is 0.0393. The van der Waals surface area contributed by atoms with E-state index in [1.54, 1.807) is 133 Å². The van der Waals surface area contributed by atoms with Crippen LogP contribution in [0, 0.1) is 34.9 Å². The van der Waals surface area contributed by atoms with Crippen LogP contribution in [0.4, 0.5) is 26.3 Å². The number of aromatic amines is 4. The van der Waals surface area contributed by atoms with Gasteiger partial charge in [0.05, 0.1) is 123 Å². The third kappa shape index (κ3) is 15.0. The highest BCUT2D eigenvalue weighted by Gasteiger charge is 2.34. The number of benzene rings is 8. The first-order valence-electron chi connectivity index (χ1n) is 38.1. The molecule has 0 aliphatic heterocycles. The Labute approximate surface area is 702 Å². The van der Waals surface area contributed by atoms with Gasteiger partial charge in [-0.3, -0.25) is 24.0 Å². The van der Waals surface area contributed by atoms with Crippen LogP contribution in [0.1, 0.15) is 64.2 Å². The number of hydrogen-bond donors (Lipinski definition) is 8. The average Bonchev–Trinajstić information content (AvgIpc) is 1.59. The number of carbonyl (C=O) groups is 4. The summed E-state index contributed by atoms with van der Waals surface area (Å²) in [5.74, 6) is -8.54. The van der Waals surface area contributed by atoms with Crippen molar-refractivity contribution in [1.29, 1.82) is 0 Å². The first-order chi connectivity index (χ1) is 60.7. The molecule has 0 atom stereocenters. The first kappa shape index (κ1) is 81.6. The molecule has 33 heteroatoms. The second-order valence-electron chi connectivity index (χ2n) is 28.9. The number of fused-ring (bicyclic) bond motifs is 12. The lowest BCUT2D eigenvalue weighted by atomic mass is 10.0. The Bertz CT molecular complexity index is 8240. The van der Waals surface area contributed by atoms with Crippen LogP contribution in [0.15, 0.2) is 293 Å². The third-order valence-electron chi connectivity index (χ3n) is 21.3. The average molecular weight is 1720 g/mol. The summed E-state index contributed by atoms with van der Waals surface area (Å²) < 4.78 is 139. The number of hydrogen-bond acceptors (Lipinski definition) is 14. The number of aromatic carboxylic acids is 3. The van der Waals surface area contributed by atoms with E-state index in [4.69, 9.17) is 17.7 Å². The fourth-order valence-corrected chi connectivity index (χ4v) is 16.4. The summed E-state index contributed by atoms with van der Waals surface area (Å²) in [7, 11) is -3.94. The van der Waals surface area contributed by atoms with E-state index in [-0.39, 0.29) is 110 Å². The Balaban J connectivity index is 0.000000119. The Morgan fingerprint density at radius 2 is 0.635 bits per heavy atom. The van der Waals surface area contributed by atoms with Crippen LogP contribution in [-0.2, 0) is 36.2 Å². The molecule has 1 amide bonds. The molecule has 8 aromatic carbocycles. The van der Waals surface area contributed by atoms with Crippen LogP contribution in [0.5, 0.6) is 0 Å². The van der Waals surface area contributed by atoms with Gasteiger partial charge in [0.25, 0.3) is 28.1 Å². The molecular weight excluding hydrogens is 1660 g/mol. The molecule has 8 N–H and O–H groups in total. The highest BCUT2D eigenvalue weighted by atomic mass is 32.2. The van der Waals surface area contributed by atoms with Gasteiger partial charge in [0.2, 0.25) is 10.0 Å². The molecule has 0 bridgehead atoms. The second-order valence-corrected chi connectivity index (χ2v) is 30.6. The molecule has 0 radical (unpaired) electrons. The van der Waals surface area contributed by atoms with Crippen LogP contribution in [0.2, 0.25) is 0 Å². The Kier molecular flexibility index (Phi) is 21.4. The highest BCUT2D eigenvalue weighted by molar-refractivity contribution is 7.89. The van der Waals surface area contributed by atoms with Gasteiger partial charge in [-0.15, -0.1) is 0 Å². The summed E-state index contributed by atoms with van der Waals surface area (Å²) in [5.41, 5.74) is 3.18. The lowest BCUT2D eigenvalue weighted by Crippen LogP contribution is -2.32. The molecule has 0 aliphatic rings. The van der Waals surface area contributed by atoms with E-state index in [0.717, 1.165) is 52.7 Å². The smallest absolute Gasteiger partial charge is 0.353 e. The van der Waals surface area contributed by atoms with Crippen LogP contribution in [0.3, 0.4) is 0 Å². The molecule has 0 fully saturated rings. The van der Waals surface area contributed by atoms with Gasteiger partial charge in [-0.2, -0.15) is 0 Å². The maximum absolute atomic E-state index is 14.6. The lowest BCUT2D eigenvalue weighted by molar-refractivity contribution is 0.0676. The van der Waals surface area contributed by atoms with Crippen LogP contribution in [-0.4, -0.2) is 92.0 Å². The summed E-state index contributed by atoms with van der Waals surface area (Å²) in [6.45, 7) is -0.533. The van der Waals surface area contributed by atoms with E-state index < -0.39 is 91.0 Å². The molecule has 0 saturated heterocycles. The number of aromatic nitrogens is 8. The maximum Gasteiger partial charge on any atom is 0.353 e. The molecule has 20 aromatic rings. The summed E-state index contributed by atoms with van der Waals surface area (Å²) in [5, 5.41) is 35.0. The van der Waals surface area contributed by atoms with E-state index in [1.165, 1.54) is 105 Å². The van der Waals surface area contributed by atoms with E-state index in [0.29, 0.717) is 76.9 Å². The van der Waals surface area contributed by atoms with Gasteiger partial charge in [0.1, 0.15) is 80.0 Å². The number of carboxylic acids is 3. The number of rotatable bonds is 17. The standard InChI is InChI=1S/C24H18FN3O5S.2C23H14F2N2O4.C23H15FN2O4/c1-34(31,32)27-24(30)21-19(16-6-4-11-26-23(16)29)20-18(9-8-14-10-12-33-22(14)20)28(21)13-15-5-2-3-7-17(15)25;24-14-4-5-16(25)13(10-14)11-27-17-6-3-12-7-9-31-21(12)19(17)18(20(27)23(29)30)15-2-1-8-26-22(15)28;24-14-5-3-13(16(25)10-14)11-27-17-6-4-12-7-9-31-21(12)19(17)18(20(27)23(29)30)15-2-1-8-26-22(15)28;24-16-6-2-1-4-14(16)12-26-17-8-7-13-9-11-30-21(13)19(17)18(20(26)23(28)29)15-5-3-10-25-22(15)27/h2-12H,13H2,1H3,(H,26,29)(H,27,30);2*1-10H,11H2,(H,26,28)(H,29,30);1-11H,12H2,(H,25,27)(H,28,29). The number of carbonyl (C=O) groups excluding carboxylic acids is 1. The normalized spacial score (nSPS) is 11.5. The van der Waals surface area contributed by atoms with Gasteiger partial charge in [-0.1, -0.05) is 42.5 Å². The number of furan rings is 4. The molecule has 0 saturated carbocycles. The minimum absolute atomic E-state index is 0.0121. The van der Waals surface area contributed by atoms with Crippen molar-refractivity contribution in [1.82, 2.24) is 42.9 Å². The first-order valence-corrected chi connectivity index (χ1v) is 40.0. The van der Waals surface area contributed by atoms with Crippen molar-refractivity contribution in [2.45, 2.75) is 26.2 Å². The topological polar surface area (TPSA) is 379 Å². The van der Waals surface area contributed by atoms with Gasteiger partial charge in [0.15, 0.2) is 0 Å². The third-order valence-corrected chi connectivity index (χ3v) is 21.8. The fourth-order valence-electron chi connectivity index (χ4n) is 16.0. The minimum Gasteiger partial charge on any atom is -0.477 e. The van der Waals surface area contributed by atoms with Gasteiger partial charge in [-0.05, 0) is 158 Å². The number of nitrogens with zero attached hydrogens (tertiary/aromatic N) is 4. The zero-order valence-corrected chi connectivity index (χ0v) is 65.9. The summed E-state index contributed by atoms with van der Waals surface area (Å²) in [4.78, 5) is 111. The SMILES string of the molecule is CS(=O)(=O)NC(=O)c1c(-c2ccc[nH]c2=O)c2c3occc3ccc2n1Cc1ccccc1F.O=C(O)c1c(-c2ccc[nH]c2=O)c2c3occc3ccc2n1Cc1cc(F)ccc1F.O=C(O)c1c(-c2ccc[nH]c2=O)c2c3occc3ccc2n1Cc1ccc(F)cc1F.O=C(O)c1c(-c2ccc[nH]c2=O)c2c3occc3ccc2n1Cc1ccccc1F. The second kappa shape index (κ2) is 33.0. The van der Waals surface area contributed by atoms with Gasteiger partial charge in [0, 0.05) is 96.9 Å². The molecule has 12 heterocycles. The minimum atomic E-state index is -3.94. The van der Waals surface area contributed by atoms with Crippen LogP contribution < -0.4 is 27.0 Å². The van der Waals surface area contributed by atoms with Crippen molar-refractivity contribution in [2.75, 3.05) is 6.26 Å². The summed E-state index contributed by atoms with van der Waals surface area (Å²) >= 11 is 0. The zero-order valence-electron chi connectivity index (χ0n) is 65.1. The summed E-state index contributed by atoms with van der Waals surface area (Å²) in [6.07, 6.45) is 12.6.